The summed E-state index contributed by atoms with van der Waals surface area (Å²) < 4.78 is 44.7. The monoisotopic (exact) mass is 404 g/mol. The summed E-state index contributed by atoms with van der Waals surface area (Å²) in [7, 11) is 0. The summed E-state index contributed by atoms with van der Waals surface area (Å²) in [6, 6.07) is 9.11. The normalized spacial score (nSPS) is 20.0. The second kappa shape index (κ2) is 7.47. The molecule has 1 aliphatic rings. The summed E-state index contributed by atoms with van der Waals surface area (Å²) >= 11 is 0. The molecule has 6 nitrogen and oxygen atoms in total. The number of nitrogens with one attached hydrogen (secondary N) is 1. The number of aromatic nitrogens is 3. The van der Waals surface area contributed by atoms with Crippen LogP contribution in [0.5, 0.6) is 0 Å². The number of carbonyl (C=O) groups is 1. The van der Waals surface area contributed by atoms with Crippen LogP contribution in [0.2, 0.25) is 0 Å². The maximum atomic E-state index is 12.7. The molecule has 3 heterocycles. The zero-order chi connectivity index (χ0) is 20.6. The van der Waals surface area contributed by atoms with E-state index in [1.165, 1.54) is 0 Å². The number of amides is 1. The Balaban J connectivity index is 1.48. The van der Waals surface area contributed by atoms with E-state index in [0.717, 1.165) is 16.6 Å². The van der Waals surface area contributed by atoms with E-state index >= 15 is 0 Å². The highest BCUT2D eigenvalue weighted by Gasteiger charge is 2.43. The van der Waals surface area contributed by atoms with E-state index in [1.54, 1.807) is 22.8 Å². The minimum Gasteiger partial charge on any atom is -0.368 e. The molecule has 1 fully saturated rings. The van der Waals surface area contributed by atoms with E-state index in [0.29, 0.717) is 11.5 Å². The average molecular weight is 404 g/mol. The Morgan fingerprint density at radius 1 is 1.28 bits per heavy atom. The molecule has 1 aliphatic heterocycles. The molecule has 9 heteroatoms. The van der Waals surface area contributed by atoms with Crippen molar-refractivity contribution in [3.63, 3.8) is 0 Å². The molecule has 29 heavy (non-hydrogen) atoms. The predicted octanol–water partition coefficient (Wildman–Crippen LogP) is 4.00. The minimum absolute atomic E-state index is 0.127. The number of nitrogens with zero attached hydrogens (tertiary/aromatic N) is 3. The van der Waals surface area contributed by atoms with Crippen molar-refractivity contribution in [2.75, 3.05) is 11.9 Å². The second-order valence-corrected chi connectivity index (χ2v) is 7.12. The van der Waals surface area contributed by atoms with Gasteiger partial charge in [0.05, 0.1) is 24.2 Å². The molecule has 2 atom stereocenters. The fourth-order valence-electron chi connectivity index (χ4n) is 3.36. The first-order valence-corrected chi connectivity index (χ1v) is 9.22. The number of anilines is 1. The second-order valence-electron chi connectivity index (χ2n) is 7.12. The number of carbonyl (C=O) groups excluding carboxylic acids is 1. The fraction of sp³-hybridized carbons (Fsp3) is 0.350. The number of halogens is 3. The quantitative estimate of drug-likeness (QED) is 0.717. The van der Waals surface area contributed by atoms with Gasteiger partial charge in [0.25, 0.3) is 0 Å². The third-order valence-electron chi connectivity index (χ3n) is 5.04. The summed E-state index contributed by atoms with van der Waals surface area (Å²) in [5, 5.41) is 7.25. The standard InChI is InChI=1S/C20H19F3N4O2/c1-12-4-6-14(9-16(12)18-24-10-15-3-2-8-27(15)26-18)25-19(28)13-5-7-17(29-11-13)20(21,22)23/h2-4,6,8-10,13,17H,5,7,11H2,1H3,(H,25,28)/t13-,17-/m0/s1. The molecule has 0 aliphatic carbocycles. The Bertz CT molecular complexity index is 1040. The van der Waals surface area contributed by atoms with Crippen molar-refractivity contribution < 1.29 is 22.7 Å². The number of benzene rings is 1. The molecular weight excluding hydrogens is 385 g/mol. The van der Waals surface area contributed by atoms with Gasteiger partial charge in [-0.05, 0) is 49.6 Å². The Kier molecular flexibility index (Phi) is 4.99. The first-order chi connectivity index (χ1) is 13.8. The molecule has 1 amide bonds. The number of hydrogen-bond acceptors (Lipinski definition) is 4. The number of aryl methyl sites for hydroxylation is 1. The Morgan fingerprint density at radius 2 is 2.10 bits per heavy atom. The minimum atomic E-state index is -4.39. The molecular formula is C20H19F3N4O2. The number of rotatable bonds is 3. The highest BCUT2D eigenvalue weighted by molar-refractivity contribution is 5.93. The van der Waals surface area contributed by atoms with Crippen LogP contribution in [0.3, 0.4) is 0 Å². The van der Waals surface area contributed by atoms with Crippen LogP contribution in [-0.2, 0) is 9.53 Å². The van der Waals surface area contributed by atoms with E-state index in [2.05, 4.69) is 15.4 Å². The molecule has 1 aromatic carbocycles. The first kappa shape index (κ1) is 19.4. The van der Waals surface area contributed by atoms with Crippen LogP contribution in [0.25, 0.3) is 16.9 Å². The topological polar surface area (TPSA) is 68.5 Å². The van der Waals surface area contributed by atoms with Gasteiger partial charge in [0.2, 0.25) is 5.91 Å². The average Bonchev–Trinajstić information content (AvgIpc) is 3.16. The van der Waals surface area contributed by atoms with Crippen LogP contribution >= 0.6 is 0 Å². The Morgan fingerprint density at radius 3 is 2.83 bits per heavy atom. The van der Waals surface area contributed by atoms with Crippen molar-refractivity contribution in [1.29, 1.82) is 0 Å². The van der Waals surface area contributed by atoms with Gasteiger partial charge in [-0.2, -0.15) is 13.2 Å². The van der Waals surface area contributed by atoms with Crippen LogP contribution in [0.1, 0.15) is 18.4 Å². The highest BCUT2D eigenvalue weighted by atomic mass is 19.4. The van der Waals surface area contributed by atoms with Crippen molar-refractivity contribution in [2.45, 2.75) is 32.0 Å². The maximum Gasteiger partial charge on any atom is 0.414 e. The Labute approximate surface area is 164 Å². The summed E-state index contributed by atoms with van der Waals surface area (Å²) in [6.07, 6.45) is -2.75. The van der Waals surface area contributed by atoms with Crippen molar-refractivity contribution in [1.82, 2.24) is 14.6 Å². The largest absolute Gasteiger partial charge is 0.414 e. The first-order valence-electron chi connectivity index (χ1n) is 9.22. The van der Waals surface area contributed by atoms with Gasteiger partial charge in [-0.1, -0.05) is 6.07 Å². The molecule has 1 N–H and O–H groups in total. The maximum absolute atomic E-state index is 12.7. The van der Waals surface area contributed by atoms with Gasteiger partial charge < -0.3 is 10.1 Å². The lowest BCUT2D eigenvalue weighted by Crippen LogP contribution is -2.40. The van der Waals surface area contributed by atoms with E-state index < -0.39 is 18.2 Å². The Hall–Kier alpha value is -2.94. The smallest absolute Gasteiger partial charge is 0.368 e. The van der Waals surface area contributed by atoms with E-state index in [4.69, 9.17) is 4.74 Å². The molecule has 0 unspecified atom stereocenters. The van der Waals surface area contributed by atoms with Crippen molar-refractivity contribution in [3.8, 4) is 11.4 Å². The number of fused-ring (bicyclic) bond motifs is 1. The van der Waals surface area contributed by atoms with Crippen LogP contribution in [0, 0.1) is 12.8 Å². The van der Waals surface area contributed by atoms with Gasteiger partial charge in [0.1, 0.15) is 0 Å². The summed E-state index contributed by atoms with van der Waals surface area (Å²) in [5.74, 6) is -0.468. The van der Waals surface area contributed by atoms with Gasteiger partial charge in [-0.15, -0.1) is 5.10 Å². The number of alkyl halides is 3. The lowest BCUT2D eigenvalue weighted by molar-refractivity contribution is -0.234. The summed E-state index contributed by atoms with van der Waals surface area (Å²) in [6.45, 7) is 1.67. The van der Waals surface area contributed by atoms with Crippen LogP contribution in [-0.4, -0.2) is 39.4 Å². The van der Waals surface area contributed by atoms with Crippen LogP contribution < -0.4 is 5.32 Å². The van der Waals surface area contributed by atoms with Gasteiger partial charge >= 0.3 is 6.18 Å². The highest BCUT2D eigenvalue weighted by Crippen LogP contribution is 2.32. The lowest BCUT2D eigenvalue weighted by atomic mass is 9.97. The molecule has 152 valence electrons. The molecule has 4 rings (SSSR count). The lowest BCUT2D eigenvalue weighted by Gasteiger charge is -2.29. The zero-order valence-corrected chi connectivity index (χ0v) is 15.6. The van der Waals surface area contributed by atoms with Gasteiger partial charge in [-0.25, -0.2) is 9.50 Å². The van der Waals surface area contributed by atoms with E-state index in [-0.39, 0.29) is 25.4 Å². The summed E-state index contributed by atoms with van der Waals surface area (Å²) in [5.41, 5.74) is 3.09. The predicted molar refractivity (Wildman–Crippen MR) is 100 cm³/mol. The SMILES string of the molecule is Cc1ccc(NC(=O)[C@H]2CC[C@@H](C(F)(F)F)OC2)cc1-c1ncc2cccn2n1. The molecule has 2 aromatic heterocycles. The van der Waals surface area contributed by atoms with Crippen LogP contribution in [0.4, 0.5) is 18.9 Å². The van der Waals surface area contributed by atoms with Gasteiger partial charge in [0, 0.05) is 17.4 Å². The fourth-order valence-corrected chi connectivity index (χ4v) is 3.36. The molecule has 0 radical (unpaired) electrons. The molecule has 1 saturated heterocycles. The zero-order valence-electron chi connectivity index (χ0n) is 15.6. The van der Waals surface area contributed by atoms with Crippen molar-refractivity contribution in [3.05, 3.63) is 48.3 Å². The van der Waals surface area contributed by atoms with Crippen LogP contribution in [0.15, 0.2) is 42.7 Å². The van der Waals surface area contributed by atoms with E-state index in [9.17, 15) is 18.0 Å². The molecule has 3 aromatic rings. The number of ether oxygens (including phenoxy) is 1. The van der Waals surface area contributed by atoms with Crippen molar-refractivity contribution >= 4 is 17.1 Å². The third-order valence-corrected chi connectivity index (χ3v) is 5.04. The van der Waals surface area contributed by atoms with Gasteiger partial charge in [-0.3, -0.25) is 4.79 Å². The molecule has 0 spiro atoms. The van der Waals surface area contributed by atoms with E-state index in [1.807, 2.05) is 31.3 Å². The summed E-state index contributed by atoms with van der Waals surface area (Å²) in [4.78, 5) is 16.9. The third kappa shape index (κ3) is 4.09. The number of hydrogen-bond donors (Lipinski definition) is 1. The molecule has 0 saturated carbocycles. The van der Waals surface area contributed by atoms with Crippen molar-refractivity contribution in [2.24, 2.45) is 5.92 Å². The van der Waals surface area contributed by atoms with Gasteiger partial charge in [0.15, 0.2) is 11.9 Å². The molecule has 0 bridgehead atoms.